The van der Waals surface area contributed by atoms with Crippen molar-refractivity contribution < 1.29 is 14.0 Å². The van der Waals surface area contributed by atoms with Crippen molar-refractivity contribution in [2.75, 3.05) is 16.4 Å². The van der Waals surface area contributed by atoms with Crippen LogP contribution in [0.1, 0.15) is 21.5 Å². The maximum atomic E-state index is 13.9. The van der Waals surface area contributed by atoms with Crippen LogP contribution in [0.4, 0.5) is 15.8 Å². The quantitative estimate of drug-likeness (QED) is 0.385. The second-order valence-electron chi connectivity index (χ2n) is 7.47. The SMILES string of the molecule is O=C(NCc1ccc(Cl)cc1)c1ccc2c(c1)NC(=O)[C@H](CSCc1c(F)cccc1Cl)N2. The second kappa shape index (κ2) is 10.5. The predicted molar refractivity (Wildman–Crippen MR) is 133 cm³/mol. The molecule has 1 heterocycles. The van der Waals surface area contributed by atoms with Crippen LogP contribution in [0.25, 0.3) is 0 Å². The van der Waals surface area contributed by atoms with E-state index in [1.807, 2.05) is 12.1 Å². The zero-order valence-corrected chi connectivity index (χ0v) is 19.7. The highest BCUT2D eigenvalue weighted by molar-refractivity contribution is 7.98. The number of fused-ring (bicyclic) bond motifs is 1. The Hall–Kier alpha value is -2.74. The van der Waals surface area contributed by atoms with Gasteiger partial charge in [-0.15, -0.1) is 0 Å². The van der Waals surface area contributed by atoms with Crippen LogP contribution in [0.3, 0.4) is 0 Å². The average molecular weight is 504 g/mol. The number of carbonyl (C=O) groups excluding carboxylic acids is 2. The first-order chi connectivity index (χ1) is 15.9. The summed E-state index contributed by atoms with van der Waals surface area (Å²) in [7, 11) is 0. The van der Waals surface area contributed by atoms with Crippen molar-refractivity contribution in [2.24, 2.45) is 0 Å². The minimum atomic E-state index is -0.488. The van der Waals surface area contributed by atoms with Crippen molar-refractivity contribution in [2.45, 2.75) is 18.3 Å². The van der Waals surface area contributed by atoms with Gasteiger partial charge in [-0.2, -0.15) is 11.8 Å². The molecule has 0 aromatic heterocycles. The standard InChI is InChI=1S/C24H20Cl2FN3O2S/c25-16-7-4-14(5-8-16)11-28-23(31)15-6-9-20-21(10-15)30-24(32)22(29-20)13-33-12-17-18(26)2-1-3-19(17)27/h1-10,22,29H,11-13H2,(H,28,31)(H,30,32)/t22-/m0/s1. The van der Waals surface area contributed by atoms with Crippen LogP contribution in [-0.2, 0) is 17.1 Å². The number of hydrogen-bond donors (Lipinski definition) is 3. The molecule has 0 unspecified atom stereocenters. The molecular formula is C24H20Cl2FN3O2S. The number of amides is 2. The lowest BCUT2D eigenvalue weighted by Crippen LogP contribution is -2.40. The van der Waals surface area contributed by atoms with E-state index >= 15 is 0 Å². The summed E-state index contributed by atoms with van der Waals surface area (Å²) < 4.78 is 13.9. The fraction of sp³-hybridized carbons (Fsp3) is 0.167. The Labute approximate surface area is 205 Å². The summed E-state index contributed by atoms with van der Waals surface area (Å²) in [5.74, 6) is -0.0337. The molecule has 0 spiro atoms. The van der Waals surface area contributed by atoms with E-state index in [1.54, 1.807) is 42.5 Å². The Morgan fingerprint density at radius 2 is 1.85 bits per heavy atom. The van der Waals surface area contributed by atoms with Crippen LogP contribution in [-0.4, -0.2) is 23.6 Å². The van der Waals surface area contributed by atoms with E-state index in [4.69, 9.17) is 23.2 Å². The van der Waals surface area contributed by atoms with Crippen molar-refractivity contribution in [1.29, 1.82) is 0 Å². The van der Waals surface area contributed by atoms with Crippen molar-refractivity contribution in [1.82, 2.24) is 5.32 Å². The third-order valence-corrected chi connectivity index (χ3v) is 6.81. The molecule has 0 saturated heterocycles. The molecule has 1 atom stereocenters. The molecule has 0 radical (unpaired) electrons. The molecule has 1 aliphatic rings. The largest absolute Gasteiger partial charge is 0.371 e. The summed E-state index contributed by atoms with van der Waals surface area (Å²) in [5.41, 5.74) is 3.05. The smallest absolute Gasteiger partial charge is 0.251 e. The Bertz CT molecular complexity index is 1170. The average Bonchev–Trinajstić information content (AvgIpc) is 2.80. The second-order valence-corrected chi connectivity index (χ2v) is 9.34. The van der Waals surface area contributed by atoms with E-state index in [2.05, 4.69) is 16.0 Å². The molecule has 0 fully saturated rings. The summed E-state index contributed by atoms with van der Waals surface area (Å²) in [4.78, 5) is 25.1. The maximum absolute atomic E-state index is 13.9. The van der Waals surface area contributed by atoms with Gasteiger partial charge in [-0.1, -0.05) is 41.4 Å². The molecule has 0 bridgehead atoms. The topological polar surface area (TPSA) is 70.2 Å². The fourth-order valence-corrected chi connectivity index (χ4v) is 4.86. The van der Waals surface area contributed by atoms with E-state index in [0.717, 1.165) is 11.3 Å². The first-order valence-electron chi connectivity index (χ1n) is 10.2. The van der Waals surface area contributed by atoms with Crippen LogP contribution in [0.5, 0.6) is 0 Å². The van der Waals surface area contributed by atoms with Gasteiger partial charge in [-0.05, 0) is 48.0 Å². The number of carbonyl (C=O) groups is 2. The van der Waals surface area contributed by atoms with E-state index in [1.165, 1.54) is 17.8 Å². The molecule has 0 aliphatic carbocycles. The van der Waals surface area contributed by atoms with Gasteiger partial charge in [-0.25, -0.2) is 4.39 Å². The summed E-state index contributed by atoms with van der Waals surface area (Å²) in [5, 5.41) is 9.90. The Morgan fingerprint density at radius 1 is 1.06 bits per heavy atom. The van der Waals surface area contributed by atoms with Gasteiger partial charge in [0.05, 0.1) is 11.4 Å². The number of benzene rings is 3. The molecule has 170 valence electrons. The molecule has 3 N–H and O–H groups in total. The van der Waals surface area contributed by atoms with Crippen molar-refractivity contribution in [3.8, 4) is 0 Å². The maximum Gasteiger partial charge on any atom is 0.251 e. The summed E-state index contributed by atoms with van der Waals surface area (Å²) in [6.07, 6.45) is 0. The molecule has 3 aromatic carbocycles. The number of hydrogen-bond acceptors (Lipinski definition) is 4. The number of thioether (sulfide) groups is 1. The first kappa shape index (κ1) is 23.4. The molecule has 1 aliphatic heterocycles. The highest BCUT2D eigenvalue weighted by Crippen LogP contribution is 2.30. The molecule has 4 rings (SSSR count). The zero-order valence-electron chi connectivity index (χ0n) is 17.3. The van der Waals surface area contributed by atoms with Crippen LogP contribution >= 0.6 is 35.0 Å². The number of nitrogens with one attached hydrogen (secondary N) is 3. The number of rotatable bonds is 7. The third kappa shape index (κ3) is 5.79. The van der Waals surface area contributed by atoms with Gasteiger partial charge in [0.1, 0.15) is 11.9 Å². The monoisotopic (exact) mass is 503 g/mol. The normalized spacial score (nSPS) is 14.8. The summed E-state index contributed by atoms with van der Waals surface area (Å²) in [6.45, 7) is 0.364. The van der Waals surface area contributed by atoms with Gasteiger partial charge in [0.25, 0.3) is 5.91 Å². The van der Waals surface area contributed by atoms with E-state index in [9.17, 15) is 14.0 Å². The van der Waals surface area contributed by atoms with Crippen molar-refractivity contribution in [3.05, 3.63) is 93.2 Å². The Balaban J connectivity index is 1.34. The van der Waals surface area contributed by atoms with Crippen LogP contribution in [0.15, 0.2) is 60.7 Å². The van der Waals surface area contributed by atoms with Gasteiger partial charge in [0.2, 0.25) is 5.91 Å². The van der Waals surface area contributed by atoms with Crippen LogP contribution in [0, 0.1) is 5.82 Å². The van der Waals surface area contributed by atoms with E-state index in [-0.39, 0.29) is 17.6 Å². The van der Waals surface area contributed by atoms with Crippen LogP contribution in [0.2, 0.25) is 10.0 Å². The van der Waals surface area contributed by atoms with Gasteiger partial charge < -0.3 is 16.0 Å². The molecule has 33 heavy (non-hydrogen) atoms. The highest BCUT2D eigenvalue weighted by Gasteiger charge is 2.26. The third-order valence-electron chi connectivity index (χ3n) is 5.14. The van der Waals surface area contributed by atoms with Gasteiger partial charge in [-0.3, -0.25) is 9.59 Å². The van der Waals surface area contributed by atoms with E-state index < -0.39 is 6.04 Å². The molecule has 3 aromatic rings. The highest BCUT2D eigenvalue weighted by atomic mass is 35.5. The lowest BCUT2D eigenvalue weighted by atomic mass is 10.1. The summed E-state index contributed by atoms with van der Waals surface area (Å²) >= 11 is 13.4. The van der Waals surface area contributed by atoms with Gasteiger partial charge in [0, 0.05) is 39.2 Å². The Morgan fingerprint density at radius 3 is 2.61 bits per heavy atom. The van der Waals surface area contributed by atoms with Crippen molar-refractivity contribution in [3.63, 3.8) is 0 Å². The Kier molecular flexibility index (Phi) is 7.42. The zero-order chi connectivity index (χ0) is 23.4. The van der Waals surface area contributed by atoms with Crippen molar-refractivity contribution >= 4 is 58.2 Å². The molecular weight excluding hydrogens is 484 g/mol. The lowest BCUT2D eigenvalue weighted by molar-refractivity contribution is -0.116. The molecule has 5 nitrogen and oxygen atoms in total. The number of halogens is 3. The van der Waals surface area contributed by atoms with Crippen LogP contribution < -0.4 is 16.0 Å². The van der Waals surface area contributed by atoms with E-state index in [0.29, 0.717) is 44.9 Å². The lowest BCUT2D eigenvalue weighted by Gasteiger charge is -2.27. The fourth-order valence-electron chi connectivity index (χ4n) is 3.34. The minimum absolute atomic E-state index is 0.214. The number of anilines is 2. The van der Waals surface area contributed by atoms with Gasteiger partial charge >= 0.3 is 0 Å². The molecule has 2 amide bonds. The van der Waals surface area contributed by atoms with Gasteiger partial charge in [0.15, 0.2) is 0 Å². The minimum Gasteiger partial charge on any atom is -0.371 e. The molecule has 0 saturated carbocycles. The predicted octanol–water partition coefficient (Wildman–Crippen LogP) is 5.73. The molecule has 9 heteroatoms. The summed E-state index contributed by atoms with van der Waals surface area (Å²) in [6, 6.07) is 16.4. The first-order valence-corrected chi connectivity index (χ1v) is 12.1.